The van der Waals surface area contributed by atoms with Crippen molar-refractivity contribution in [1.82, 2.24) is 5.32 Å². The lowest BCUT2D eigenvalue weighted by molar-refractivity contribution is -0.120. The molecule has 0 spiro atoms. The molecule has 0 heterocycles. The fraction of sp³-hybridized carbons (Fsp3) is 0.875. The predicted molar refractivity (Wildman–Crippen MR) is 54.2 cm³/mol. The largest absolute Gasteiger partial charge is 0.349 e. The Balaban J connectivity index is 4.08. The monoisotopic (exact) mass is 223 g/mol. The van der Waals surface area contributed by atoms with Gasteiger partial charge in [0, 0.05) is 6.42 Å². The van der Waals surface area contributed by atoms with Gasteiger partial charge < -0.3 is 14.4 Å². The summed E-state index contributed by atoms with van der Waals surface area (Å²) in [5, 5.41) is 2.49. The number of hydrogen-bond donors (Lipinski definition) is 1. The second-order valence-electron chi connectivity index (χ2n) is 2.56. The first kappa shape index (κ1) is 13.6. The molecule has 0 atom stereocenters. The van der Waals surface area contributed by atoms with E-state index in [1.54, 1.807) is 20.8 Å². The Morgan fingerprint density at radius 2 is 1.71 bits per heavy atom. The first-order valence-corrected chi connectivity index (χ1v) is 6.45. The number of amides is 1. The van der Waals surface area contributed by atoms with Gasteiger partial charge >= 0.3 is 7.60 Å². The van der Waals surface area contributed by atoms with Crippen LogP contribution in [0.4, 0.5) is 0 Å². The first-order chi connectivity index (χ1) is 6.58. The van der Waals surface area contributed by atoms with E-state index in [1.165, 1.54) is 0 Å². The van der Waals surface area contributed by atoms with Crippen molar-refractivity contribution in [2.45, 2.75) is 27.2 Å². The van der Waals surface area contributed by atoms with E-state index in [0.717, 1.165) is 0 Å². The van der Waals surface area contributed by atoms with Gasteiger partial charge in [0.2, 0.25) is 5.91 Å². The smallest absolute Gasteiger partial charge is 0.344 e. The molecule has 0 aromatic heterocycles. The maximum Gasteiger partial charge on any atom is 0.349 e. The van der Waals surface area contributed by atoms with Gasteiger partial charge in [0.15, 0.2) is 0 Å². The van der Waals surface area contributed by atoms with Crippen molar-refractivity contribution in [2.75, 3.05) is 19.5 Å². The van der Waals surface area contributed by atoms with Crippen molar-refractivity contribution in [3.8, 4) is 0 Å². The molecule has 0 aliphatic rings. The second kappa shape index (κ2) is 6.98. The fourth-order valence-corrected chi connectivity index (χ4v) is 2.25. The number of hydrogen-bond acceptors (Lipinski definition) is 4. The van der Waals surface area contributed by atoms with Gasteiger partial charge in [-0.1, -0.05) is 6.92 Å². The van der Waals surface area contributed by atoms with Crippen LogP contribution in [0.3, 0.4) is 0 Å². The highest BCUT2D eigenvalue weighted by atomic mass is 31.2. The molecule has 0 aliphatic carbocycles. The third kappa shape index (κ3) is 5.37. The second-order valence-corrected chi connectivity index (χ2v) is 4.61. The third-order valence-corrected chi connectivity index (χ3v) is 3.29. The van der Waals surface area contributed by atoms with Gasteiger partial charge in [-0.05, 0) is 13.8 Å². The minimum atomic E-state index is -3.12. The zero-order valence-corrected chi connectivity index (χ0v) is 9.80. The van der Waals surface area contributed by atoms with E-state index in [2.05, 4.69) is 5.32 Å². The summed E-state index contributed by atoms with van der Waals surface area (Å²) < 4.78 is 21.7. The van der Waals surface area contributed by atoms with E-state index in [0.29, 0.717) is 19.6 Å². The summed E-state index contributed by atoms with van der Waals surface area (Å²) in [7, 11) is -3.12. The highest BCUT2D eigenvalue weighted by Crippen LogP contribution is 2.46. The first-order valence-electron chi connectivity index (χ1n) is 4.72. The van der Waals surface area contributed by atoms with Gasteiger partial charge in [-0.2, -0.15) is 0 Å². The molecule has 0 aliphatic heterocycles. The minimum absolute atomic E-state index is 0.0542. The van der Waals surface area contributed by atoms with Gasteiger partial charge in [0.25, 0.3) is 0 Å². The molecular formula is C8H18NO4P. The average molecular weight is 223 g/mol. The Morgan fingerprint density at radius 1 is 1.21 bits per heavy atom. The maximum atomic E-state index is 11.8. The molecule has 5 nitrogen and oxygen atoms in total. The Kier molecular flexibility index (Phi) is 6.79. The van der Waals surface area contributed by atoms with Crippen LogP contribution in [0.15, 0.2) is 0 Å². The summed E-state index contributed by atoms with van der Waals surface area (Å²) in [4.78, 5) is 10.9. The van der Waals surface area contributed by atoms with E-state index in [4.69, 9.17) is 9.05 Å². The average Bonchev–Trinajstić information content (AvgIpc) is 2.15. The molecule has 14 heavy (non-hydrogen) atoms. The molecule has 0 saturated carbocycles. The highest BCUT2D eigenvalue weighted by Gasteiger charge is 2.23. The molecule has 0 fully saturated rings. The van der Waals surface area contributed by atoms with Crippen LogP contribution >= 0.6 is 7.60 Å². The van der Waals surface area contributed by atoms with Crippen LogP contribution in [0.2, 0.25) is 0 Å². The molecular weight excluding hydrogens is 205 g/mol. The quantitative estimate of drug-likeness (QED) is 0.667. The van der Waals surface area contributed by atoms with Gasteiger partial charge in [-0.25, -0.2) is 0 Å². The molecule has 1 amide bonds. The standard InChI is InChI=1S/C8H18NO4P/c1-4-8(10)9-7-14(11,12-5-2)13-6-3/h4-7H2,1-3H3,(H,9,10). The normalized spacial score (nSPS) is 11.4. The van der Waals surface area contributed by atoms with Crippen LogP contribution < -0.4 is 5.32 Å². The van der Waals surface area contributed by atoms with Gasteiger partial charge in [0.1, 0.15) is 6.29 Å². The van der Waals surface area contributed by atoms with Gasteiger partial charge in [-0.3, -0.25) is 9.36 Å². The van der Waals surface area contributed by atoms with Crippen LogP contribution in [0.5, 0.6) is 0 Å². The van der Waals surface area contributed by atoms with E-state index < -0.39 is 7.60 Å². The Bertz CT molecular complexity index is 209. The van der Waals surface area contributed by atoms with Crippen LogP contribution in [-0.2, 0) is 18.4 Å². The number of nitrogens with one attached hydrogen (secondary N) is 1. The number of rotatable bonds is 7. The molecule has 84 valence electrons. The van der Waals surface area contributed by atoms with Gasteiger partial charge in [-0.15, -0.1) is 0 Å². The zero-order chi connectivity index (χ0) is 11.0. The predicted octanol–water partition coefficient (Wildman–Crippen LogP) is 1.74. The van der Waals surface area contributed by atoms with Crippen molar-refractivity contribution in [3.05, 3.63) is 0 Å². The summed E-state index contributed by atoms with van der Waals surface area (Å²) in [5.41, 5.74) is 0. The van der Waals surface area contributed by atoms with Crippen LogP contribution in [-0.4, -0.2) is 25.4 Å². The molecule has 6 heteroatoms. The summed E-state index contributed by atoms with van der Waals surface area (Å²) in [5.74, 6) is -0.162. The lowest BCUT2D eigenvalue weighted by Gasteiger charge is -2.16. The van der Waals surface area contributed by atoms with Crippen molar-refractivity contribution in [3.63, 3.8) is 0 Å². The highest BCUT2D eigenvalue weighted by molar-refractivity contribution is 7.53. The summed E-state index contributed by atoms with van der Waals surface area (Å²) >= 11 is 0. The lowest BCUT2D eigenvalue weighted by Crippen LogP contribution is -2.24. The molecule has 0 aromatic carbocycles. The van der Waals surface area contributed by atoms with Crippen LogP contribution in [0.1, 0.15) is 27.2 Å². The van der Waals surface area contributed by atoms with E-state index >= 15 is 0 Å². The van der Waals surface area contributed by atoms with Crippen molar-refractivity contribution in [1.29, 1.82) is 0 Å². The van der Waals surface area contributed by atoms with Crippen LogP contribution in [0, 0.1) is 0 Å². The van der Waals surface area contributed by atoms with E-state index in [9.17, 15) is 9.36 Å². The zero-order valence-electron chi connectivity index (χ0n) is 8.91. The van der Waals surface area contributed by atoms with E-state index in [-0.39, 0.29) is 12.2 Å². The van der Waals surface area contributed by atoms with Crippen LogP contribution in [0.25, 0.3) is 0 Å². The van der Waals surface area contributed by atoms with E-state index in [1.807, 2.05) is 0 Å². The molecule has 0 radical (unpaired) electrons. The summed E-state index contributed by atoms with van der Waals surface area (Å²) in [6, 6.07) is 0. The summed E-state index contributed by atoms with van der Waals surface area (Å²) in [6.07, 6.45) is 0.305. The molecule has 0 aromatic rings. The lowest BCUT2D eigenvalue weighted by atomic mass is 10.5. The topological polar surface area (TPSA) is 64.6 Å². The third-order valence-electron chi connectivity index (χ3n) is 1.44. The minimum Gasteiger partial charge on any atom is -0.344 e. The molecule has 0 unspecified atom stereocenters. The Morgan fingerprint density at radius 3 is 2.07 bits per heavy atom. The Labute approximate surface area is 84.7 Å². The Hall–Kier alpha value is -0.380. The maximum absolute atomic E-state index is 11.8. The molecule has 0 bridgehead atoms. The number of carbonyl (C=O) groups excluding carboxylic acids is 1. The molecule has 0 saturated heterocycles. The van der Waals surface area contributed by atoms with Crippen molar-refractivity contribution >= 4 is 13.5 Å². The fourth-order valence-electron chi connectivity index (χ4n) is 0.832. The van der Waals surface area contributed by atoms with Crippen molar-refractivity contribution in [2.24, 2.45) is 0 Å². The SMILES string of the molecule is CCOP(=O)(CNC(=O)CC)OCC. The van der Waals surface area contributed by atoms with Gasteiger partial charge in [0.05, 0.1) is 13.2 Å². The van der Waals surface area contributed by atoms with Crippen molar-refractivity contribution < 1.29 is 18.4 Å². The molecule has 1 N–H and O–H groups in total. The summed E-state index contributed by atoms with van der Waals surface area (Å²) in [6.45, 7) is 5.79. The number of carbonyl (C=O) groups is 1. The molecule has 0 rings (SSSR count).